The highest BCUT2D eigenvalue weighted by atomic mass is 35.5. The minimum Gasteiger partial charge on any atom is -0.392 e. The van der Waals surface area contributed by atoms with Crippen LogP contribution in [0.2, 0.25) is 5.02 Å². The van der Waals surface area contributed by atoms with Crippen molar-refractivity contribution in [2.75, 3.05) is 0 Å². The van der Waals surface area contributed by atoms with Gasteiger partial charge in [-0.15, -0.1) is 0 Å². The van der Waals surface area contributed by atoms with E-state index in [0.29, 0.717) is 5.02 Å². The van der Waals surface area contributed by atoms with Crippen LogP contribution in [-0.2, 0) is 0 Å². The zero-order chi connectivity index (χ0) is 9.84. The molecule has 0 aliphatic heterocycles. The number of halogens is 1. The molecule has 0 bridgehead atoms. The Morgan fingerprint density at radius 3 is 2.77 bits per heavy atom. The molecule has 72 valence electrons. The molecule has 1 N–H and O–H groups in total. The molecule has 1 heterocycles. The molecule has 2 unspecified atom stereocenters. The summed E-state index contributed by atoms with van der Waals surface area (Å²) in [5.41, 5.74) is 0. The molecule has 1 aromatic rings. The molecule has 0 aliphatic rings. The van der Waals surface area contributed by atoms with Crippen LogP contribution in [-0.4, -0.2) is 21.4 Å². The van der Waals surface area contributed by atoms with Gasteiger partial charge in [0, 0.05) is 11.4 Å². The van der Waals surface area contributed by atoms with Gasteiger partial charge in [-0.05, 0) is 19.1 Å². The van der Waals surface area contributed by atoms with Gasteiger partial charge in [0.25, 0.3) is 0 Å². The van der Waals surface area contributed by atoms with Gasteiger partial charge in [0.15, 0.2) is 0 Å². The fourth-order valence-electron chi connectivity index (χ4n) is 0.732. The lowest BCUT2D eigenvalue weighted by Gasteiger charge is -2.13. The van der Waals surface area contributed by atoms with E-state index in [-0.39, 0.29) is 11.4 Å². The van der Waals surface area contributed by atoms with E-state index in [9.17, 15) is 5.11 Å². The molecule has 0 spiro atoms. The molecule has 0 aliphatic carbocycles. The summed E-state index contributed by atoms with van der Waals surface area (Å²) in [4.78, 5) is 4.12. The number of hydrogen-bond acceptors (Lipinski definition) is 3. The van der Waals surface area contributed by atoms with E-state index < -0.39 is 0 Å². The molecular formula is C9H12ClNOS. The van der Waals surface area contributed by atoms with Crippen molar-refractivity contribution in [2.24, 2.45) is 0 Å². The average Bonchev–Trinajstić information content (AvgIpc) is 2.08. The molecule has 0 fully saturated rings. The summed E-state index contributed by atoms with van der Waals surface area (Å²) in [5.74, 6) is 0. The van der Waals surface area contributed by atoms with Gasteiger partial charge in [-0.2, -0.15) is 0 Å². The number of hydrogen-bond donors (Lipinski definition) is 1. The van der Waals surface area contributed by atoms with E-state index in [1.54, 1.807) is 25.3 Å². The first kappa shape index (κ1) is 10.8. The van der Waals surface area contributed by atoms with Crippen molar-refractivity contribution in [3.8, 4) is 0 Å². The summed E-state index contributed by atoms with van der Waals surface area (Å²) < 4.78 is 0. The summed E-state index contributed by atoms with van der Waals surface area (Å²) in [5, 5.41) is 10.8. The zero-order valence-electron chi connectivity index (χ0n) is 7.57. The maximum atomic E-state index is 9.28. The number of aromatic nitrogens is 1. The van der Waals surface area contributed by atoms with Gasteiger partial charge in [0.2, 0.25) is 0 Å². The average molecular weight is 218 g/mol. The van der Waals surface area contributed by atoms with E-state index in [4.69, 9.17) is 11.6 Å². The van der Waals surface area contributed by atoms with Gasteiger partial charge in [-0.25, -0.2) is 4.98 Å². The Morgan fingerprint density at radius 2 is 2.23 bits per heavy atom. The van der Waals surface area contributed by atoms with E-state index in [2.05, 4.69) is 4.98 Å². The highest BCUT2D eigenvalue weighted by Gasteiger charge is 2.12. The van der Waals surface area contributed by atoms with Crippen molar-refractivity contribution in [3.63, 3.8) is 0 Å². The quantitative estimate of drug-likeness (QED) is 0.791. The molecule has 1 rings (SSSR count). The Hall–Kier alpha value is -0.250. The van der Waals surface area contributed by atoms with Crippen molar-refractivity contribution in [1.29, 1.82) is 0 Å². The highest BCUT2D eigenvalue weighted by Crippen LogP contribution is 2.28. The van der Waals surface area contributed by atoms with Gasteiger partial charge >= 0.3 is 0 Å². The Morgan fingerprint density at radius 1 is 1.54 bits per heavy atom. The third-order valence-electron chi connectivity index (χ3n) is 1.70. The van der Waals surface area contributed by atoms with Crippen LogP contribution in [0.1, 0.15) is 13.8 Å². The summed E-state index contributed by atoms with van der Waals surface area (Å²) in [6, 6.07) is 3.59. The minimum atomic E-state index is -0.358. The van der Waals surface area contributed by atoms with E-state index in [0.717, 1.165) is 5.03 Å². The second-order valence-electron chi connectivity index (χ2n) is 2.85. The molecule has 0 radical (unpaired) electrons. The fourth-order valence-corrected chi connectivity index (χ4v) is 1.84. The summed E-state index contributed by atoms with van der Waals surface area (Å²) in [6.45, 7) is 3.70. The molecule has 0 saturated heterocycles. The molecule has 0 aromatic carbocycles. The molecule has 13 heavy (non-hydrogen) atoms. The van der Waals surface area contributed by atoms with Gasteiger partial charge in [0.1, 0.15) is 5.03 Å². The van der Waals surface area contributed by atoms with Crippen molar-refractivity contribution in [3.05, 3.63) is 23.4 Å². The summed E-state index contributed by atoms with van der Waals surface area (Å²) in [6.07, 6.45) is 1.34. The Bertz CT molecular complexity index is 280. The zero-order valence-corrected chi connectivity index (χ0v) is 9.14. The van der Waals surface area contributed by atoms with Crippen molar-refractivity contribution >= 4 is 23.4 Å². The normalized spacial score (nSPS) is 15.4. The van der Waals surface area contributed by atoms with Crippen LogP contribution < -0.4 is 0 Å². The number of aliphatic hydroxyl groups excluding tert-OH is 1. The smallest absolute Gasteiger partial charge is 0.115 e. The lowest BCUT2D eigenvalue weighted by atomic mass is 10.3. The number of nitrogens with zero attached hydrogens (tertiary/aromatic N) is 1. The molecule has 4 heteroatoms. The number of pyridine rings is 1. The number of thioether (sulfide) groups is 1. The molecule has 0 saturated carbocycles. The minimum absolute atomic E-state index is 0.104. The first-order chi connectivity index (χ1) is 6.11. The van der Waals surface area contributed by atoms with Gasteiger partial charge in [-0.1, -0.05) is 30.3 Å². The second kappa shape index (κ2) is 4.84. The van der Waals surface area contributed by atoms with E-state index in [1.807, 2.05) is 6.92 Å². The van der Waals surface area contributed by atoms with E-state index >= 15 is 0 Å². The standard InChI is InChI=1S/C9H12ClNOS/c1-6(12)7(2)13-9-8(10)4-3-5-11-9/h3-7,12H,1-2H3. The van der Waals surface area contributed by atoms with Crippen LogP contribution >= 0.6 is 23.4 Å². The molecule has 2 atom stereocenters. The first-order valence-corrected chi connectivity index (χ1v) is 5.32. The van der Waals surface area contributed by atoms with Crippen molar-refractivity contribution < 1.29 is 5.11 Å². The van der Waals surface area contributed by atoms with Crippen molar-refractivity contribution in [1.82, 2.24) is 4.98 Å². The maximum Gasteiger partial charge on any atom is 0.115 e. The number of aliphatic hydroxyl groups is 1. The Kier molecular flexibility index (Phi) is 4.03. The Labute approximate surface area is 87.3 Å². The van der Waals surface area contributed by atoms with Crippen LogP contribution in [0.5, 0.6) is 0 Å². The van der Waals surface area contributed by atoms with Crippen LogP contribution in [0.25, 0.3) is 0 Å². The monoisotopic (exact) mass is 217 g/mol. The number of rotatable bonds is 3. The highest BCUT2D eigenvalue weighted by molar-refractivity contribution is 8.00. The summed E-state index contributed by atoms with van der Waals surface area (Å²) in [7, 11) is 0. The fraction of sp³-hybridized carbons (Fsp3) is 0.444. The van der Waals surface area contributed by atoms with Gasteiger partial charge in [0.05, 0.1) is 11.1 Å². The van der Waals surface area contributed by atoms with Crippen LogP contribution in [0.15, 0.2) is 23.4 Å². The second-order valence-corrected chi connectivity index (χ2v) is 4.63. The van der Waals surface area contributed by atoms with Crippen LogP contribution in [0.4, 0.5) is 0 Å². The third kappa shape index (κ3) is 3.18. The molecular weight excluding hydrogens is 206 g/mol. The first-order valence-electron chi connectivity index (χ1n) is 4.06. The largest absolute Gasteiger partial charge is 0.392 e. The maximum absolute atomic E-state index is 9.28. The van der Waals surface area contributed by atoms with Gasteiger partial charge in [-0.3, -0.25) is 0 Å². The molecule has 2 nitrogen and oxygen atoms in total. The van der Waals surface area contributed by atoms with Crippen LogP contribution in [0.3, 0.4) is 0 Å². The van der Waals surface area contributed by atoms with Crippen LogP contribution in [0, 0.1) is 0 Å². The predicted molar refractivity (Wildman–Crippen MR) is 56.2 cm³/mol. The lowest BCUT2D eigenvalue weighted by Crippen LogP contribution is -2.15. The molecule has 0 amide bonds. The Balaban J connectivity index is 2.69. The topological polar surface area (TPSA) is 33.1 Å². The molecule has 1 aromatic heterocycles. The SMILES string of the molecule is CC(O)C(C)Sc1ncccc1Cl. The predicted octanol–water partition coefficient (Wildman–Crippen LogP) is 2.60. The summed E-state index contributed by atoms with van der Waals surface area (Å²) >= 11 is 7.39. The third-order valence-corrected chi connectivity index (χ3v) is 3.43. The van der Waals surface area contributed by atoms with Crippen molar-refractivity contribution in [2.45, 2.75) is 30.2 Å². The van der Waals surface area contributed by atoms with E-state index in [1.165, 1.54) is 11.8 Å². The lowest BCUT2D eigenvalue weighted by molar-refractivity contribution is 0.196. The van der Waals surface area contributed by atoms with Gasteiger partial charge < -0.3 is 5.11 Å².